The van der Waals surface area contributed by atoms with E-state index in [1.54, 1.807) is 11.8 Å². The van der Waals surface area contributed by atoms with Gasteiger partial charge in [0.1, 0.15) is 0 Å². The van der Waals surface area contributed by atoms with Crippen LogP contribution < -0.4 is 15.5 Å². The lowest BCUT2D eigenvalue weighted by molar-refractivity contribution is -0.384. The van der Waals surface area contributed by atoms with E-state index in [4.69, 9.17) is 0 Å². The Hall–Kier alpha value is -3.42. The Labute approximate surface area is 150 Å². The minimum Gasteiger partial charge on any atom is -0.333 e. The van der Waals surface area contributed by atoms with E-state index in [1.165, 1.54) is 18.2 Å². The molecule has 1 fully saturated rings. The van der Waals surface area contributed by atoms with Crippen molar-refractivity contribution in [2.45, 2.75) is 19.4 Å². The molecule has 1 aliphatic heterocycles. The van der Waals surface area contributed by atoms with Gasteiger partial charge in [-0.25, -0.2) is 4.79 Å². The van der Waals surface area contributed by atoms with Crippen molar-refractivity contribution < 1.29 is 14.5 Å². The zero-order valence-corrected chi connectivity index (χ0v) is 14.1. The molecule has 0 spiro atoms. The molecule has 1 aliphatic rings. The van der Waals surface area contributed by atoms with Crippen molar-refractivity contribution in [1.29, 1.82) is 0 Å². The molecule has 2 aromatic rings. The number of carbonyl (C=O) groups is 2. The number of benzene rings is 2. The van der Waals surface area contributed by atoms with Crippen molar-refractivity contribution in [1.82, 2.24) is 5.32 Å². The van der Waals surface area contributed by atoms with Crippen LogP contribution in [0.15, 0.2) is 48.5 Å². The number of rotatable bonds is 4. The van der Waals surface area contributed by atoms with Gasteiger partial charge in [0.05, 0.1) is 11.0 Å². The Morgan fingerprint density at radius 2 is 1.96 bits per heavy atom. The smallest absolute Gasteiger partial charge is 0.319 e. The Kier molecular flexibility index (Phi) is 4.83. The molecule has 2 aromatic carbocycles. The molecule has 3 rings (SSSR count). The third-order valence-electron chi connectivity index (χ3n) is 4.20. The average molecular weight is 354 g/mol. The van der Waals surface area contributed by atoms with Gasteiger partial charge in [0, 0.05) is 36.5 Å². The second kappa shape index (κ2) is 7.22. The van der Waals surface area contributed by atoms with Gasteiger partial charge in [0.15, 0.2) is 0 Å². The van der Waals surface area contributed by atoms with E-state index in [0.29, 0.717) is 17.8 Å². The van der Waals surface area contributed by atoms with Crippen LogP contribution in [0.2, 0.25) is 0 Å². The molecular weight excluding hydrogens is 336 g/mol. The number of para-hydroxylation sites is 1. The summed E-state index contributed by atoms with van der Waals surface area (Å²) in [6.45, 7) is 2.08. The van der Waals surface area contributed by atoms with Gasteiger partial charge in [-0.05, 0) is 30.7 Å². The maximum absolute atomic E-state index is 12.2. The summed E-state index contributed by atoms with van der Waals surface area (Å²) in [4.78, 5) is 36.3. The zero-order chi connectivity index (χ0) is 18.7. The highest BCUT2D eigenvalue weighted by Crippen LogP contribution is 2.23. The van der Waals surface area contributed by atoms with Gasteiger partial charge < -0.3 is 15.5 Å². The van der Waals surface area contributed by atoms with Crippen molar-refractivity contribution in [2.75, 3.05) is 16.8 Å². The highest BCUT2D eigenvalue weighted by atomic mass is 16.6. The number of non-ortho nitro benzene ring substituents is 1. The number of nitrogens with one attached hydrogen (secondary N) is 2. The van der Waals surface area contributed by atoms with Gasteiger partial charge in [-0.15, -0.1) is 0 Å². The first kappa shape index (κ1) is 17.4. The van der Waals surface area contributed by atoms with Crippen molar-refractivity contribution in [2.24, 2.45) is 0 Å². The molecular formula is C18H18N4O4. The van der Waals surface area contributed by atoms with E-state index in [-0.39, 0.29) is 24.1 Å². The molecule has 1 unspecified atom stereocenters. The molecule has 26 heavy (non-hydrogen) atoms. The van der Waals surface area contributed by atoms with Crippen LogP contribution in [0.4, 0.5) is 21.9 Å². The minimum atomic E-state index is -0.487. The summed E-state index contributed by atoms with van der Waals surface area (Å²) in [6.07, 6.45) is 0.224. The fourth-order valence-electron chi connectivity index (χ4n) is 2.91. The molecule has 1 saturated heterocycles. The summed E-state index contributed by atoms with van der Waals surface area (Å²) in [7, 11) is 0. The molecule has 2 N–H and O–H groups in total. The number of nitro groups is 1. The largest absolute Gasteiger partial charge is 0.333 e. The third-order valence-corrected chi connectivity index (χ3v) is 4.20. The first-order valence-electron chi connectivity index (χ1n) is 8.12. The maximum atomic E-state index is 12.2. The molecule has 3 amide bonds. The highest BCUT2D eigenvalue weighted by Gasteiger charge is 2.31. The molecule has 1 heterocycles. The lowest BCUT2D eigenvalue weighted by Crippen LogP contribution is -2.39. The van der Waals surface area contributed by atoms with Gasteiger partial charge in [0.25, 0.3) is 5.69 Å². The Balaban J connectivity index is 1.61. The third kappa shape index (κ3) is 3.80. The monoisotopic (exact) mass is 354 g/mol. The van der Waals surface area contributed by atoms with Crippen molar-refractivity contribution >= 4 is 29.0 Å². The van der Waals surface area contributed by atoms with E-state index >= 15 is 0 Å². The molecule has 0 bridgehead atoms. The van der Waals surface area contributed by atoms with Crippen LogP contribution in [-0.2, 0) is 4.79 Å². The van der Waals surface area contributed by atoms with Crippen molar-refractivity contribution in [3.63, 3.8) is 0 Å². The topological polar surface area (TPSA) is 105 Å². The zero-order valence-electron chi connectivity index (χ0n) is 14.1. The molecule has 8 nitrogen and oxygen atoms in total. The van der Waals surface area contributed by atoms with Crippen LogP contribution in [0, 0.1) is 17.0 Å². The first-order chi connectivity index (χ1) is 12.4. The van der Waals surface area contributed by atoms with E-state index < -0.39 is 11.0 Å². The number of nitro benzene ring substituents is 1. The fraction of sp³-hybridized carbons (Fsp3) is 0.222. The standard InChI is InChI=1S/C18H18N4O4/c1-12-9-15(22(25)26)7-8-16(12)20-18(24)19-13-10-17(23)21(11-13)14-5-3-2-4-6-14/h2-9,13H,10-11H2,1H3,(H2,19,20,24). The minimum absolute atomic E-state index is 0.0339. The lowest BCUT2D eigenvalue weighted by Gasteiger charge is -2.17. The summed E-state index contributed by atoms with van der Waals surface area (Å²) in [5.41, 5.74) is 1.84. The van der Waals surface area contributed by atoms with Crippen LogP contribution in [0.25, 0.3) is 0 Å². The number of carbonyl (C=O) groups excluding carboxylic acids is 2. The molecule has 1 atom stereocenters. The van der Waals surface area contributed by atoms with Crippen molar-refractivity contribution in [3.05, 3.63) is 64.2 Å². The Bertz CT molecular complexity index is 854. The second-order valence-electron chi connectivity index (χ2n) is 6.10. The van der Waals surface area contributed by atoms with Crippen LogP contribution in [0.1, 0.15) is 12.0 Å². The quantitative estimate of drug-likeness (QED) is 0.650. The fourth-order valence-corrected chi connectivity index (χ4v) is 2.91. The number of aryl methyl sites for hydroxylation is 1. The van der Waals surface area contributed by atoms with Gasteiger partial charge in [0.2, 0.25) is 5.91 Å². The summed E-state index contributed by atoms with van der Waals surface area (Å²) in [5.74, 6) is -0.0481. The lowest BCUT2D eigenvalue weighted by atomic mass is 10.2. The van der Waals surface area contributed by atoms with Gasteiger partial charge >= 0.3 is 6.03 Å². The van der Waals surface area contributed by atoms with Crippen molar-refractivity contribution in [3.8, 4) is 0 Å². The van der Waals surface area contributed by atoms with Crippen LogP contribution >= 0.6 is 0 Å². The molecule has 0 radical (unpaired) electrons. The number of nitrogens with zero attached hydrogens (tertiary/aromatic N) is 2. The number of amides is 3. The molecule has 0 saturated carbocycles. The number of urea groups is 1. The van der Waals surface area contributed by atoms with Gasteiger partial charge in [-0.2, -0.15) is 0 Å². The molecule has 0 aromatic heterocycles. The number of hydrogen-bond acceptors (Lipinski definition) is 4. The molecule has 8 heteroatoms. The summed E-state index contributed by atoms with van der Waals surface area (Å²) >= 11 is 0. The Morgan fingerprint density at radius 1 is 1.23 bits per heavy atom. The normalized spacial score (nSPS) is 16.4. The summed E-state index contributed by atoms with van der Waals surface area (Å²) in [6, 6.07) is 12.7. The second-order valence-corrected chi connectivity index (χ2v) is 6.10. The number of hydrogen-bond donors (Lipinski definition) is 2. The van der Waals surface area contributed by atoms with E-state index in [9.17, 15) is 19.7 Å². The molecule has 0 aliphatic carbocycles. The van der Waals surface area contributed by atoms with Crippen LogP contribution in [0.5, 0.6) is 0 Å². The predicted octanol–water partition coefficient (Wildman–Crippen LogP) is 2.83. The highest BCUT2D eigenvalue weighted by molar-refractivity contribution is 5.97. The SMILES string of the molecule is Cc1cc([N+](=O)[O-])ccc1NC(=O)NC1CC(=O)N(c2ccccc2)C1. The Morgan fingerprint density at radius 3 is 2.62 bits per heavy atom. The summed E-state index contributed by atoms with van der Waals surface area (Å²) < 4.78 is 0. The van der Waals surface area contributed by atoms with Gasteiger partial charge in [-0.3, -0.25) is 14.9 Å². The average Bonchev–Trinajstić information content (AvgIpc) is 2.97. The maximum Gasteiger partial charge on any atom is 0.319 e. The van der Waals surface area contributed by atoms with E-state index in [1.807, 2.05) is 30.3 Å². The van der Waals surface area contributed by atoms with Gasteiger partial charge in [-0.1, -0.05) is 18.2 Å². The predicted molar refractivity (Wildman–Crippen MR) is 97.2 cm³/mol. The van der Waals surface area contributed by atoms with Crippen LogP contribution in [-0.4, -0.2) is 29.4 Å². The summed E-state index contributed by atoms with van der Waals surface area (Å²) in [5, 5.41) is 16.2. The van der Waals surface area contributed by atoms with E-state index in [0.717, 1.165) is 5.69 Å². The molecule has 134 valence electrons. The first-order valence-corrected chi connectivity index (χ1v) is 8.12. The number of anilines is 2. The van der Waals surface area contributed by atoms with E-state index in [2.05, 4.69) is 10.6 Å². The van der Waals surface area contributed by atoms with Crippen LogP contribution in [0.3, 0.4) is 0 Å².